The molecule has 0 fully saturated rings. The largest absolute Gasteiger partial charge is 0.467 e. The van der Waals surface area contributed by atoms with Crippen LogP contribution < -0.4 is 10.6 Å². The Morgan fingerprint density at radius 3 is 2.50 bits per heavy atom. The van der Waals surface area contributed by atoms with Gasteiger partial charge in [0.2, 0.25) is 0 Å². The van der Waals surface area contributed by atoms with Gasteiger partial charge in [0.05, 0.1) is 12.8 Å². The second-order valence-corrected chi connectivity index (χ2v) is 3.76. The summed E-state index contributed by atoms with van der Waals surface area (Å²) < 4.78 is 5.28. The number of hydrogen-bond acceptors (Lipinski definition) is 2. The fourth-order valence-electron chi connectivity index (χ4n) is 1.46. The van der Waals surface area contributed by atoms with Crippen LogP contribution in [0.15, 0.2) is 53.1 Å². The third-order valence-corrected chi connectivity index (χ3v) is 2.45. The molecule has 1 aromatic carbocycles. The van der Waals surface area contributed by atoms with Gasteiger partial charge in [0.15, 0.2) is 5.11 Å². The number of hydrogen-bond donors (Lipinski definition) is 1. The van der Waals surface area contributed by atoms with Crippen molar-refractivity contribution in [1.82, 2.24) is 0 Å². The highest BCUT2D eigenvalue weighted by Gasteiger charge is 2.10. The lowest BCUT2D eigenvalue weighted by Crippen LogP contribution is -2.34. The van der Waals surface area contributed by atoms with E-state index in [0.717, 1.165) is 11.4 Å². The summed E-state index contributed by atoms with van der Waals surface area (Å²) in [5, 5.41) is 0.336. The smallest absolute Gasteiger partial charge is 0.171 e. The molecule has 0 saturated carbocycles. The molecule has 0 aliphatic carbocycles. The third-order valence-electron chi connectivity index (χ3n) is 2.23. The summed E-state index contributed by atoms with van der Waals surface area (Å²) in [6.07, 6.45) is 1.64. The Morgan fingerprint density at radius 1 is 1.19 bits per heavy atom. The molecule has 0 unspecified atom stereocenters. The molecule has 2 rings (SSSR count). The Labute approximate surface area is 99.5 Å². The Bertz CT molecular complexity index is 453. The lowest BCUT2D eigenvalue weighted by molar-refractivity contribution is 0.512. The van der Waals surface area contributed by atoms with Crippen molar-refractivity contribution in [1.29, 1.82) is 0 Å². The lowest BCUT2D eigenvalue weighted by Gasteiger charge is -2.21. The number of furan rings is 1. The van der Waals surface area contributed by atoms with Crippen LogP contribution in [0, 0.1) is 0 Å². The molecule has 4 heteroatoms. The van der Waals surface area contributed by atoms with Crippen LogP contribution in [0.3, 0.4) is 0 Å². The molecule has 16 heavy (non-hydrogen) atoms. The minimum atomic E-state index is 0.336. The normalized spacial score (nSPS) is 10.0. The summed E-state index contributed by atoms with van der Waals surface area (Å²) in [5.74, 6) is 0.830. The van der Waals surface area contributed by atoms with Crippen LogP contribution >= 0.6 is 12.2 Å². The molecule has 2 aromatic rings. The SMILES string of the molecule is NC(=S)N(Cc1ccco1)c1ccccc1. The van der Waals surface area contributed by atoms with Crippen LogP contribution in [-0.4, -0.2) is 5.11 Å². The minimum absolute atomic E-state index is 0.336. The van der Waals surface area contributed by atoms with Gasteiger partial charge in [-0.1, -0.05) is 18.2 Å². The monoisotopic (exact) mass is 232 g/mol. The fourth-order valence-corrected chi connectivity index (χ4v) is 1.63. The first kappa shape index (κ1) is 10.7. The first-order valence-corrected chi connectivity index (χ1v) is 5.32. The summed E-state index contributed by atoms with van der Waals surface area (Å²) in [5.41, 5.74) is 6.67. The number of rotatable bonds is 3. The van der Waals surface area contributed by atoms with Crippen LogP contribution in [0.5, 0.6) is 0 Å². The van der Waals surface area contributed by atoms with Crippen LogP contribution in [0.1, 0.15) is 5.76 Å². The van der Waals surface area contributed by atoms with E-state index in [0.29, 0.717) is 11.7 Å². The predicted octanol–water partition coefficient (Wildman–Crippen LogP) is 2.53. The van der Waals surface area contributed by atoms with Crippen molar-refractivity contribution in [2.45, 2.75) is 6.54 Å². The summed E-state index contributed by atoms with van der Waals surface area (Å²) in [6, 6.07) is 13.5. The van der Waals surface area contributed by atoms with E-state index in [2.05, 4.69) is 0 Å². The van der Waals surface area contributed by atoms with E-state index in [1.165, 1.54) is 0 Å². The molecule has 0 atom stereocenters. The van der Waals surface area contributed by atoms with Crippen molar-refractivity contribution in [3.05, 3.63) is 54.5 Å². The van der Waals surface area contributed by atoms with Crippen molar-refractivity contribution >= 4 is 23.0 Å². The van der Waals surface area contributed by atoms with Gasteiger partial charge in [0.25, 0.3) is 0 Å². The number of anilines is 1. The maximum absolute atomic E-state index is 5.70. The molecular weight excluding hydrogens is 220 g/mol. The van der Waals surface area contributed by atoms with Gasteiger partial charge in [-0.2, -0.15) is 0 Å². The van der Waals surface area contributed by atoms with E-state index >= 15 is 0 Å². The van der Waals surface area contributed by atoms with Crippen molar-refractivity contribution in [2.24, 2.45) is 5.73 Å². The molecule has 0 bridgehead atoms. The van der Waals surface area contributed by atoms with Crippen LogP contribution in [-0.2, 0) is 6.54 Å². The van der Waals surface area contributed by atoms with E-state index in [-0.39, 0.29) is 0 Å². The first-order valence-electron chi connectivity index (χ1n) is 4.92. The lowest BCUT2D eigenvalue weighted by atomic mass is 10.3. The Balaban J connectivity index is 2.22. The predicted molar refractivity (Wildman–Crippen MR) is 68.1 cm³/mol. The molecule has 1 aromatic heterocycles. The highest BCUT2D eigenvalue weighted by atomic mass is 32.1. The van der Waals surface area contributed by atoms with E-state index in [4.69, 9.17) is 22.4 Å². The van der Waals surface area contributed by atoms with Gasteiger partial charge < -0.3 is 15.1 Å². The average molecular weight is 232 g/mol. The second kappa shape index (κ2) is 4.81. The van der Waals surface area contributed by atoms with Gasteiger partial charge in [0, 0.05) is 5.69 Å². The van der Waals surface area contributed by atoms with Gasteiger partial charge in [-0.25, -0.2) is 0 Å². The van der Waals surface area contributed by atoms with Gasteiger partial charge in [0.1, 0.15) is 5.76 Å². The molecular formula is C12H12N2OS. The Hall–Kier alpha value is -1.81. The number of nitrogens with two attached hydrogens (primary N) is 1. The Kier molecular flexibility index (Phi) is 3.22. The summed E-state index contributed by atoms with van der Waals surface area (Å²) >= 11 is 5.03. The van der Waals surface area contributed by atoms with Gasteiger partial charge >= 0.3 is 0 Å². The highest BCUT2D eigenvalue weighted by Crippen LogP contribution is 2.16. The molecule has 0 saturated heterocycles. The quantitative estimate of drug-likeness (QED) is 0.826. The van der Waals surface area contributed by atoms with Gasteiger partial charge in [-0.3, -0.25) is 0 Å². The standard InChI is InChI=1S/C12H12N2OS/c13-12(16)14(9-11-7-4-8-15-11)10-5-2-1-3-6-10/h1-8H,9H2,(H2,13,16). The molecule has 0 spiro atoms. The summed E-state index contributed by atoms with van der Waals surface area (Å²) in [6.45, 7) is 0.548. The zero-order valence-corrected chi connectivity index (χ0v) is 9.48. The van der Waals surface area contributed by atoms with Gasteiger partial charge in [-0.05, 0) is 36.5 Å². The Morgan fingerprint density at radius 2 is 1.94 bits per heavy atom. The van der Waals surface area contributed by atoms with Crippen molar-refractivity contribution in [2.75, 3.05) is 4.90 Å². The zero-order valence-electron chi connectivity index (χ0n) is 8.67. The van der Waals surface area contributed by atoms with E-state index in [1.807, 2.05) is 47.4 Å². The molecule has 0 aliphatic heterocycles. The average Bonchev–Trinajstić information content (AvgIpc) is 2.79. The van der Waals surface area contributed by atoms with E-state index < -0.39 is 0 Å². The fraction of sp³-hybridized carbons (Fsp3) is 0.0833. The third kappa shape index (κ3) is 2.41. The highest BCUT2D eigenvalue weighted by molar-refractivity contribution is 7.80. The van der Waals surface area contributed by atoms with Crippen molar-refractivity contribution in [3.63, 3.8) is 0 Å². The topological polar surface area (TPSA) is 42.4 Å². The van der Waals surface area contributed by atoms with Crippen LogP contribution in [0.4, 0.5) is 5.69 Å². The molecule has 0 amide bonds. The maximum atomic E-state index is 5.70. The summed E-state index contributed by atoms with van der Waals surface area (Å²) in [4.78, 5) is 1.83. The molecule has 0 radical (unpaired) electrons. The van der Waals surface area contributed by atoms with Crippen molar-refractivity contribution < 1.29 is 4.42 Å². The van der Waals surface area contributed by atoms with Gasteiger partial charge in [-0.15, -0.1) is 0 Å². The molecule has 1 heterocycles. The number of nitrogens with zero attached hydrogens (tertiary/aromatic N) is 1. The molecule has 82 valence electrons. The van der Waals surface area contributed by atoms with E-state index in [1.54, 1.807) is 6.26 Å². The second-order valence-electron chi connectivity index (χ2n) is 3.34. The number of thiocarbonyl (C=S) groups is 1. The number of para-hydroxylation sites is 1. The zero-order chi connectivity index (χ0) is 11.4. The first-order chi connectivity index (χ1) is 7.77. The summed E-state index contributed by atoms with van der Waals surface area (Å²) in [7, 11) is 0. The number of benzene rings is 1. The maximum Gasteiger partial charge on any atom is 0.171 e. The van der Waals surface area contributed by atoms with Crippen LogP contribution in [0.25, 0.3) is 0 Å². The van der Waals surface area contributed by atoms with Crippen molar-refractivity contribution in [3.8, 4) is 0 Å². The molecule has 2 N–H and O–H groups in total. The van der Waals surface area contributed by atoms with Crippen LogP contribution in [0.2, 0.25) is 0 Å². The molecule has 0 aliphatic rings. The molecule has 3 nitrogen and oxygen atoms in total. The minimum Gasteiger partial charge on any atom is -0.467 e. The van der Waals surface area contributed by atoms with E-state index in [9.17, 15) is 0 Å².